The summed E-state index contributed by atoms with van der Waals surface area (Å²) in [6.45, 7) is 6.17. The minimum absolute atomic E-state index is 0.180. The number of aromatic nitrogens is 1. The quantitative estimate of drug-likeness (QED) is 0.363. The number of urea groups is 1. The van der Waals surface area contributed by atoms with E-state index in [-0.39, 0.29) is 17.0 Å². The van der Waals surface area contributed by atoms with Gasteiger partial charge in [0, 0.05) is 21.9 Å². The van der Waals surface area contributed by atoms with Crippen LogP contribution in [0.3, 0.4) is 0 Å². The Morgan fingerprint density at radius 1 is 1.00 bits per heavy atom. The Bertz CT molecular complexity index is 1130. The van der Waals surface area contributed by atoms with Gasteiger partial charge < -0.3 is 20.1 Å². The molecule has 0 spiro atoms. The highest BCUT2D eigenvalue weighted by Crippen LogP contribution is 2.36. The van der Waals surface area contributed by atoms with Crippen molar-refractivity contribution in [2.75, 3.05) is 10.6 Å². The Hall–Kier alpha value is -3.27. The molecular formula is C23H21BrF3N3O3. The average molecular weight is 524 g/mol. The number of ether oxygens (including phenoxy) is 2. The van der Waals surface area contributed by atoms with Crippen LogP contribution in [0.5, 0.6) is 17.4 Å². The number of carbonyl (C=O) groups is 1. The topological polar surface area (TPSA) is 72.5 Å². The first-order chi connectivity index (χ1) is 15.4. The number of pyridine rings is 1. The molecule has 0 bridgehead atoms. The summed E-state index contributed by atoms with van der Waals surface area (Å²) in [5.41, 5.74) is 1.35. The predicted molar refractivity (Wildman–Crippen MR) is 123 cm³/mol. The number of alkyl halides is 3. The third-order valence-electron chi connectivity index (χ3n) is 4.31. The van der Waals surface area contributed by atoms with Crippen molar-refractivity contribution in [2.45, 2.75) is 32.5 Å². The Labute approximate surface area is 197 Å². The fraction of sp³-hybridized carbons (Fsp3) is 0.217. The van der Waals surface area contributed by atoms with E-state index in [0.29, 0.717) is 15.9 Å². The number of anilines is 2. The first kappa shape index (κ1) is 24.4. The molecule has 0 fully saturated rings. The van der Waals surface area contributed by atoms with Gasteiger partial charge in [0.25, 0.3) is 0 Å². The number of halogens is 4. The smallest absolute Gasteiger partial charge is 0.437 e. The molecule has 3 rings (SSSR count). The van der Waals surface area contributed by atoms with Crippen LogP contribution in [0.4, 0.5) is 29.3 Å². The van der Waals surface area contributed by atoms with Gasteiger partial charge in [0.05, 0.1) is 0 Å². The maximum Gasteiger partial charge on any atom is 0.573 e. The summed E-state index contributed by atoms with van der Waals surface area (Å²) < 4.78 is 47.3. The van der Waals surface area contributed by atoms with Crippen LogP contribution in [0.1, 0.15) is 26.3 Å². The molecule has 6 nitrogen and oxygen atoms in total. The molecular weight excluding hydrogens is 503 g/mol. The van der Waals surface area contributed by atoms with Gasteiger partial charge in [-0.2, -0.15) is 0 Å². The lowest BCUT2D eigenvalue weighted by Gasteiger charge is -2.22. The molecule has 0 unspecified atom stereocenters. The molecule has 0 aliphatic heterocycles. The second-order valence-electron chi connectivity index (χ2n) is 8.01. The number of amides is 2. The molecule has 1 aromatic heterocycles. The van der Waals surface area contributed by atoms with Crippen molar-refractivity contribution in [3.8, 4) is 17.4 Å². The number of carbonyl (C=O) groups excluding carboxylic acids is 1. The molecule has 1 heterocycles. The molecule has 174 valence electrons. The molecule has 0 radical (unpaired) electrons. The molecule has 33 heavy (non-hydrogen) atoms. The largest absolute Gasteiger partial charge is 0.573 e. The fourth-order valence-corrected chi connectivity index (χ4v) is 3.23. The molecule has 0 aliphatic carbocycles. The van der Waals surface area contributed by atoms with Gasteiger partial charge in [-0.3, -0.25) is 0 Å². The van der Waals surface area contributed by atoms with E-state index in [1.165, 1.54) is 18.3 Å². The molecule has 10 heteroatoms. The molecule has 0 saturated carbocycles. The zero-order valence-corrected chi connectivity index (χ0v) is 19.5. The van der Waals surface area contributed by atoms with Gasteiger partial charge in [-0.1, -0.05) is 39.0 Å². The first-order valence-electron chi connectivity index (χ1n) is 9.77. The van der Waals surface area contributed by atoms with Crippen molar-refractivity contribution < 1.29 is 27.4 Å². The van der Waals surface area contributed by atoms with Gasteiger partial charge in [-0.15, -0.1) is 13.2 Å². The average Bonchev–Trinajstić information content (AvgIpc) is 2.70. The number of benzene rings is 2. The van der Waals surface area contributed by atoms with Crippen LogP contribution < -0.4 is 20.1 Å². The number of hydrogen-bond donors (Lipinski definition) is 2. The minimum Gasteiger partial charge on any atom is -0.437 e. The van der Waals surface area contributed by atoms with Crippen molar-refractivity contribution in [2.24, 2.45) is 0 Å². The summed E-state index contributed by atoms with van der Waals surface area (Å²) in [5.74, 6) is 0.389. The van der Waals surface area contributed by atoms with Gasteiger partial charge >= 0.3 is 12.4 Å². The van der Waals surface area contributed by atoms with Crippen LogP contribution in [0.2, 0.25) is 0 Å². The minimum atomic E-state index is -4.79. The van der Waals surface area contributed by atoms with Crippen LogP contribution in [-0.2, 0) is 5.41 Å². The number of nitrogens with one attached hydrogen (secondary N) is 2. The zero-order valence-electron chi connectivity index (χ0n) is 18.0. The Morgan fingerprint density at radius 2 is 1.67 bits per heavy atom. The lowest BCUT2D eigenvalue weighted by atomic mass is 9.86. The summed E-state index contributed by atoms with van der Waals surface area (Å²) in [6, 6.07) is 13.3. The summed E-state index contributed by atoms with van der Waals surface area (Å²) in [4.78, 5) is 16.8. The van der Waals surface area contributed by atoms with Crippen LogP contribution in [0.15, 0.2) is 65.3 Å². The molecule has 0 atom stereocenters. The van der Waals surface area contributed by atoms with Crippen molar-refractivity contribution in [1.29, 1.82) is 0 Å². The van der Waals surface area contributed by atoms with E-state index < -0.39 is 18.1 Å². The van der Waals surface area contributed by atoms with E-state index in [2.05, 4.69) is 57.1 Å². The van der Waals surface area contributed by atoms with E-state index in [1.807, 2.05) is 24.3 Å². The number of hydrogen-bond acceptors (Lipinski definition) is 4. The molecule has 2 aromatic carbocycles. The van der Waals surface area contributed by atoms with Crippen LogP contribution in [-0.4, -0.2) is 17.4 Å². The molecule has 0 aliphatic rings. The Balaban J connectivity index is 1.76. The van der Waals surface area contributed by atoms with Gasteiger partial charge in [0.15, 0.2) is 0 Å². The lowest BCUT2D eigenvalue weighted by Crippen LogP contribution is -2.20. The third kappa shape index (κ3) is 7.11. The molecule has 0 saturated heterocycles. The second kappa shape index (κ2) is 9.70. The predicted octanol–water partition coefficient (Wildman–Crippen LogP) is 7.48. The van der Waals surface area contributed by atoms with Gasteiger partial charge in [-0.25, -0.2) is 9.78 Å². The van der Waals surface area contributed by atoms with Crippen molar-refractivity contribution in [3.05, 3.63) is 70.8 Å². The lowest BCUT2D eigenvalue weighted by molar-refractivity contribution is -0.274. The second-order valence-corrected chi connectivity index (χ2v) is 8.92. The normalized spacial score (nSPS) is 11.6. The third-order valence-corrected chi connectivity index (χ3v) is 4.75. The Morgan fingerprint density at radius 3 is 2.30 bits per heavy atom. The van der Waals surface area contributed by atoms with Gasteiger partial charge in [-0.05, 0) is 57.7 Å². The van der Waals surface area contributed by atoms with Crippen molar-refractivity contribution >= 4 is 33.3 Å². The van der Waals surface area contributed by atoms with E-state index in [4.69, 9.17) is 4.74 Å². The summed E-state index contributed by atoms with van der Waals surface area (Å²) in [5, 5.41) is 5.19. The maximum atomic E-state index is 12.5. The monoisotopic (exact) mass is 523 g/mol. The number of para-hydroxylation sites is 1. The van der Waals surface area contributed by atoms with E-state index in [9.17, 15) is 18.0 Å². The van der Waals surface area contributed by atoms with E-state index in [1.54, 1.807) is 6.07 Å². The first-order valence-corrected chi connectivity index (χ1v) is 10.6. The molecule has 2 amide bonds. The highest BCUT2D eigenvalue weighted by molar-refractivity contribution is 9.10. The van der Waals surface area contributed by atoms with Crippen LogP contribution in [0, 0.1) is 0 Å². The van der Waals surface area contributed by atoms with Gasteiger partial charge in [0.1, 0.15) is 17.2 Å². The van der Waals surface area contributed by atoms with Gasteiger partial charge in [0.2, 0.25) is 5.88 Å². The molecule has 2 N–H and O–H groups in total. The van der Waals surface area contributed by atoms with Crippen molar-refractivity contribution in [3.63, 3.8) is 0 Å². The van der Waals surface area contributed by atoms with Crippen molar-refractivity contribution in [1.82, 2.24) is 4.98 Å². The van der Waals surface area contributed by atoms with Crippen LogP contribution in [0.25, 0.3) is 0 Å². The SMILES string of the molecule is CC(C)(C)c1ccccc1Oc1ncc(Br)cc1NC(=O)Nc1ccc(OC(F)(F)F)cc1. The Kier molecular flexibility index (Phi) is 7.16. The highest BCUT2D eigenvalue weighted by atomic mass is 79.9. The maximum absolute atomic E-state index is 12.5. The number of nitrogens with zero attached hydrogens (tertiary/aromatic N) is 1. The molecule has 3 aromatic rings. The summed E-state index contributed by atoms with van der Waals surface area (Å²) in [6.07, 6.45) is -3.25. The summed E-state index contributed by atoms with van der Waals surface area (Å²) in [7, 11) is 0. The zero-order chi connectivity index (χ0) is 24.2. The van der Waals surface area contributed by atoms with E-state index >= 15 is 0 Å². The van der Waals surface area contributed by atoms with Crippen LogP contribution >= 0.6 is 15.9 Å². The number of rotatable bonds is 5. The standard InChI is InChI=1S/C23H21BrF3N3O3/c1-22(2,3)17-6-4-5-7-19(17)32-20-18(12-14(24)13-28-20)30-21(31)29-15-8-10-16(11-9-15)33-23(25,26)27/h4-13H,1-3H3,(H2,29,30,31). The summed E-state index contributed by atoms with van der Waals surface area (Å²) >= 11 is 3.32. The van der Waals surface area contributed by atoms with E-state index in [0.717, 1.165) is 17.7 Å². The highest BCUT2D eigenvalue weighted by Gasteiger charge is 2.31. The fourth-order valence-electron chi connectivity index (χ4n) is 2.90.